The molecule has 0 spiro atoms. The van der Waals surface area contributed by atoms with Gasteiger partial charge >= 0.3 is 0 Å². The van der Waals surface area contributed by atoms with Crippen molar-refractivity contribution in [3.8, 4) is 0 Å². The Morgan fingerprint density at radius 3 is 2.63 bits per heavy atom. The van der Waals surface area contributed by atoms with Gasteiger partial charge in [0.15, 0.2) is 0 Å². The highest BCUT2D eigenvalue weighted by molar-refractivity contribution is 5.46. The molecule has 0 bridgehead atoms. The molecule has 0 aliphatic carbocycles. The average Bonchev–Trinajstić information content (AvgIpc) is 2.43. The summed E-state index contributed by atoms with van der Waals surface area (Å²) in [4.78, 5) is 12.8. The molecule has 2 rings (SSSR count). The van der Waals surface area contributed by atoms with Gasteiger partial charge in [-0.3, -0.25) is 4.98 Å². The summed E-state index contributed by atoms with van der Waals surface area (Å²) in [7, 11) is 0. The highest BCUT2D eigenvalue weighted by Gasteiger charge is 1.99. The predicted molar refractivity (Wildman–Crippen MR) is 77.1 cm³/mol. The molecule has 0 saturated carbocycles. The number of aromatic nitrogens is 3. The van der Waals surface area contributed by atoms with Gasteiger partial charge in [0, 0.05) is 18.3 Å². The molecule has 5 nitrogen and oxygen atoms in total. The molecule has 0 amide bonds. The zero-order valence-electron chi connectivity index (χ0n) is 11.3. The van der Waals surface area contributed by atoms with Crippen molar-refractivity contribution in [1.82, 2.24) is 15.0 Å². The minimum atomic E-state index is 0.659. The molecule has 0 saturated heterocycles. The monoisotopic (exact) mass is 257 g/mol. The molecule has 0 aliphatic heterocycles. The van der Waals surface area contributed by atoms with E-state index in [1.165, 1.54) is 0 Å². The first-order chi connectivity index (χ1) is 9.28. The van der Waals surface area contributed by atoms with E-state index < -0.39 is 0 Å². The van der Waals surface area contributed by atoms with Crippen LogP contribution in [0.25, 0.3) is 0 Å². The van der Waals surface area contributed by atoms with Crippen molar-refractivity contribution in [1.29, 1.82) is 0 Å². The maximum Gasteiger partial charge on any atom is 0.131 e. The fraction of sp³-hybridized carbons (Fsp3) is 0.357. The Bertz CT molecular complexity index is 527. The molecule has 0 radical (unpaired) electrons. The first-order valence-corrected chi connectivity index (χ1v) is 6.50. The number of aryl methyl sites for hydroxylation is 1. The molecule has 2 heterocycles. The number of rotatable bonds is 6. The normalized spacial score (nSPS) is 10.2. The zero-order valence-corrected chi connectivity index (χ0v) is 11.3. The van der Waals surface area contributed by atoms with Crippen molar-refractivity contribution in [2.24, 2.45) is 0 Å². The van der Waals surface area contributed by atoms with Crippen LogP contribution >= 0.6 is 0 Å². The Balaban J connectivity index is 1.95. The van der Waals surface area contributed by atoms with Crippen LogP contribution in [0, 0.1) is 6.92 Å². The largest absolute Gasteiger partial charge is 0.370 e. The molecule has 0 atom stereocenters. The van der Waals surface area contributed by atoms with Crippen LogP contribution in [0.4, 0.5) is 11.6 Å². The van der Waals surface area contributed by atoms with Crippen LogP contribution in [0.15, 0.2) is 30.6 Å². The van der Waals surface area contributed by atoms with Crippen LogP contribution in [0.3, 0.4) is 0 Å². The number of hydrogen-bond acceptors (Lipinski definition) is 5. The standard InChI is InChI=1S/C14H19N5/c1-3-7-15-13-8-14(18-10-17-13)16-9-12-6-4-5-11(2)19-12/h4-6,8,10H,3,7,9H2,1-2H3,(H2,15,16,17,18). The van der Waals surface area contributed by atoms with Crippen LogP contribution < -0.4 is 10.6 Å². The molecule has 0 fully saturated rings. The van der Waals surface area contributed by atoms with Crippen molar-refractivity contribution >= 4 is 11.6 Å². The maximum absolute atomic E-state index is 4.44. The van der Waals surface area contributed by atoms with E-state index in [0.717, 1.165) is 36.0 Å². The molecule has 0 aliphatic rings. The van der Waals surface area contributed by atoms with E-state index >= 15 is 0 Å². The lowest BCUT2D eigenvalue weighted by atomic mass is 10.3. The third kappa shape index (κ3) is 4.21. The molecule has 2 N–H and O–H groups in total. The second kappa shape index (κ2) is 6.68. The fourth-order valence-corrected chi connectivity index (χ4v) is 1.68. The van der Waals surface area contributed by atoms with E-state index in [0.29, 0.717) is 6.54 Å². The summed E-state index contributed by atoms with van der Waals surface area (Å²) >= 11 is 0. The SMILES string of the molecule is CCCNc1cc(NCc2cccc(C)n2)ncn1. The summed E-state index contributed by atoms with van der Waals surface area (Å²) in [6.07, 6.45) is 2.63. The molecular formula is C14H19N5. The van der Waals surface area contributed by atoms with Crippen LogP contribution in [-0.4, -0.2) is 21.5 Å². The maximum atomic E-state index is 4.44. The van der Waals surface area contributed by atoms with Crippen molar-refractivity contribution in [3.63, 3.8) is 0 Å². The van der Waals surface area contributed by atoms with E-state index in [-0.39, 0.29) is 0 Å². The van der Waals surface area contributed by atoms with Crippen LogP contribution in [0.1, 0.15) is 24.7 Å². The van der Waals surface area contributed by atoms with E-state index in [9.17, 15) is 0 Å². The molecule has 5 heteroatoms. The van der Waals surface area contributed by atoms with Gasteiger partial charge in [-0.05, 0) is 25.5 Å². The summed E-state index contributed by atoms with van der Waals surface area (Å²) in [6, 6.07) is 7.90. The zero-order chi connectivity index (χ0) is 13.5. The number of pyridine rings is 1. The lowest BCUT2D eigenvalue weighted by Gasteiger charge is -2.08. The molecule has 2 aromatic rings. The first-order valence-electron chi connectivity index (χ1n) is 6.50. The van der Waals surface area contributed by atoms with Crippen LogP contribution in [-0.2, 0) is 6.54 Å². The van der Waals surface area contributed by atoms with Gasteiger partial charge in [0.2, 0.25) is 0 Å². The van der Waals surface area contributed by atoms with Crippen molar-refractivity contribution in [2.75, 3.05) is 17.2 Å². The van der Waals surface area contributed by atoms with Gasteiger partial charge in [0.1, 0.15) is 18.0 Å². The van der Waals surface area contributed by atoms with Crippen molar-refractivity contribution in [2.45, 2.75) is 26.8 Å². The second-order valence-electron chi connectivity index (χ2n) is 4.34. The Kier molecular flexibility index (Phi) is 4.66. The predicted octanol–water partition coefficient (Wildman–Crippen LogP) is 2.61. The molecule has 2 aromatic heterocycles. The van der Waals surface area contributed by atoms with E-state index in [1.807, 2.05) is 31.2 Å². The van der Waals surface area contributed by atoms with Crippen LogP contribution in [0.5, 0.6) is 0 Å². The summed E-state index contributed by atoms with van der Waals surface area (Å²) in [5, 5.41) is 6.49. The minimum Gasteiger partial charge on any atom is -0.370 e. The summed E-state index contributed by atoms with van der Waals surface area (Å²) in [5.41, 5.74) is 2.02. The smallest absolute Gasteiger partial charge is 0.131 e. The Labute approximate surface area is 113 Å². The topological polar surface area (TPSA) is 62.7 Å². The van der Waals surface area contributed by atoms with Gasteiger partial charge in [-0.2, -0.15) is 0 Å². The Hall–Kier alpha value is -2.17. The lowest BCUT2D eigenvalue weighted by molar-refractivity contribution is 0.960. The summed E-state index contributed by atoms with van der Waals surface area (Å²) in [5.74, 6) is 1.65. The average molecular weight is 257 g/mol. The number of hydrogen-bond donors (Lipinski definition) is 2. The molecule has 0 unspecified atom stereocenters. The van der Waals surface area contributed by atoms with Crippen molar-refractivity contribution < 1.29 is 0 Å². The van der Waals surface area contributed by atoms with Crippen molar-refractivity contribution in [3.05, 3.63) is 42.0 Å². The third-order valence-corrected chi connectivity index (χ3v) is 2.62. The number of nitrogens with zero attached hydrogens (tertiary/aromatic N) is 3. The van der Waals surface area contributed by atoms with Gasteiger partial charge in [-0.25, -0.2) is 9.97 Å². The third-order valence-electron chi connectivity index (χ3n) is 2.62. The van der Waals surface area contributed by atoms with E-state index in [4.69, 9.17) is 0 Å². The Morgan fingerprint density at radius 2 is 1.89 bits per heavy atom. The molecule has 19 heavy (non-hydrogen) atoms. The second-order valence-corrected chi connectivity index (χ2v) is 4.34. The summed E-state index contributed by atoms with van der Waals surface area (Å²) in [6.45, 7) is 5.68. The molecule has 0 aromatic carbocycles. The Morgan fingerprint density at radius 1 is 1.11 bits per heavy atom. The van der Waals surface area contributed by atoms with Gasteiger partial charge in [-0.15, -0.1) is 0 Å². The lowest BCUT2D eigenvalue weighted by Crippen LogP contribution is -2.06. The van der Waals surface area contributed by atoms with Crippen LogP contribution in [0.2, 0.25) is 0 Å². The molecular weight excluding hydrogens is 238 g/mol. The first kappa shape index (κ1) is 13.3. The van der Waals surface area contributed by atoms with E-state index in [1.54, 1.807) is 6.33 Å². The minimum absolute atomic E-state index is 0.659. The van der Waals surface area contributed by atoms with E-state index in [2.05, 4.69) is 32.5 Å². The summed E-state index contributed by atoms with van der Waals surface area (Å²) < 4.78 is 0. The van der Waals surface area contributed by atoms with Gasteiger partial charge in [-0.1, -0.05) is 13.0 Å². The number of anilines is 2. The van der Waals surface area contributed by atoms with Gasteiger partial charge in [0.05, 0.1) is 12.2 Å². The van der Waals surface area contributed by atoms with Gasteiger partial charge < -0.3 is 10.6 Å². The highest BCUT2D eigenvalue weighted by atomic mass is 15.1. The number of nitrogens with one attached hydrogen (secondary N) is 2. The van der Waals surface area contributed by atoms with Gasteiger partial charge in [0.25, 0.3) is 0 Å². The quantitative estimate of drug-likeness (QED) is 0.833. The fourth-order valence-electron chi connectivity index (χ4n) is 1.68. The highest BCUT2D eigenvalue weighted by Crippen LogP contribution is 2.09. The molecule has 100 valence electrons.